The van der Waals surface area contributed by atoms with Gasteiger partial charge in [0.05, 0.1) is 0 Å². The SMILES string of the molecule is O=C(O)NC1CCC(NC(=O)c2cccnc2OC2CCSCC2)CC1. The normalized spacial score (nSPS) is 23.8. The van der Waals surface area contributed by atoms with Crippen molar-refractivity contribution in [2.75, 3.05) is 11.5 Å². The van der Waals surface area contributed by atoms with E-state index in [0.29, 0.717) is 11.4 Å². The number of hydrogen-bond acceptors (Lipinski definition) is 5. The first-order chi connectivity index (χ1) is 12.6. The Kier molecular flexibility index (Phi) is 6.60. The molecule has 0 aromatic carbocycles. The van der Waals surface area contributed by atoms with Gasteiger partial charge < -0.3 is 20.5 Å². The van der Waals surface area contributed by atoms with Crippen LogP contribution in [0.5, 0.6) is 5.88 Å². The van der Waals surface area contributed by atoms with Gasteiger partial charge in [-0.05, 0) is 62.2 Å². The molecule has 3 N–H and O–H groups in total. The molecule has 8 heteroatoms. The third kappa shape index (κ3) is 5.27. The zero-order valence-corrected chi connectivity index (χ0v) is 15.5. The number of amides is 2. The molecule has 2 heterocycles. The lowest BCUT2D eigenvalue weighted by Crippen LogP contribution is -2.43. The lowest BCUT2D eigenvalue weighted by atomic mass is 9.91. The van der Waals surface area contributed by atoms with E-state index in [-0.39, 0.29) is 24.1 Å². The Bertz CT molecular complexity index is 629. The third-order valence-electron chi connectivity index (χ3n) is 4.85. The van der Waals surface area contributed by atoms with Gasteiger partial charge in [0.2, 0.25) is 5.88 Å². The first-order valence-electron chi connectivity index (χ1n) is 9.11. The molecule has 1 saturated heterocycles. The maximum Gasteiger partial charge on any atom is 0.404 e. The maximum absolute atomic E-state index is 12.7. The first kappa shape index (κ1) is 18.8. The second-order valence-electron chi connectivity index (χ2n) is 6.76. The van der Waals surface area contributed by atoms with Gasteiger partial charge in [0.25, 0.3) is 5.91 Å². The zero-order valence-electron chi connectivity index (χ0n) is 14.6. The van der Waals surface area contributed by atoms with Crippen molar-refractivity contribution in [2.24, 2.45) is 0 Å². The molecule has 2 amide bonds. The van der Waals surface area contributed by atoms with Crippen LogP contribution in [0.2, 0.25) is 0 Å². The molecule has 2 fully saturated rings. The zero-order chi connectivity index (χ0) is 18.4. The van der Waals surface area contributed by atoms with Crippen LogP contribution in [-0.2, 0) is 0 Å². The molecule has 0 atom stereocenters. The summed E-state index contributed by atoms with van der Waals surface area (Å²) in [7, 11) is 0. The third-order valence-corrected chi connectivity index (χ3v) is 5.90. The van der Waals surface area contributed by atoms with E-state index in [1.165, 1.54) is 0 Å². The molecule has 26 heavy (non-hydrogen) atoms. The summed E-state index contributed by atoms with van der Waals surface area (Å²) in [6.07, 6.45) is 5.70. The summed E-state index contributed by atoms with van der Waals surface area (Å²) in [5.41, 5.74) is 0.469. The fraction of sp³-hybridized carbons (Fsp3) is 0.611. The van der Waals surface area contributed by atoms with Crippen molar-refractivity contribution < 1.29 is 19.4 Å². The van der Waals surface area contributed by atoms with Gasteiger partial charge in [-0.15, -0.1) is 0 Å². The molecular weight excluding hydrogens is 354 g/mol. The molecule has 2 aliphatic rings. The van der Waals surface area contributed by atoms with Gasteiger partial charge in [0.1, 0.15) is 11.7 Å². The van der Waals surface area contributed by atoms with Crippen molar-refractivity contribution in [1.29, 1.82) is 0 Å². The number of aromatic nitrogens is 1. The van der Waals surface area contributed by atoms with Crippen LogP contribution < -0.4 is 15.4 Å². The Hall–Kier alpha value is -1.96. The van der Waals surface area contributed by atoms with E-state index < -0.39 is 6.09 Å². The number of pyridine rings is 1. The molecule has 0 unspecified atom stereocenters. The van der Waals surface area contributed by atoms with Crippen LogP contribution in [0.25, 0.3) is 0 Å². The molecular formula is C18H25N3O4S. The van der Waals surface area contributed by atoms with Crippen LogP contribution in [0.15, 0.2) is 18.3 Å². The smallest absolute Gasteiger partial charge is 0.404 e. The average Bonchev–Trinajstić information content (AvgIpc) is 2.64. The lowest BCUT2D eigenvalue weighted by Gasteiger charge is -2.29. The second kappa shape index (κ2) is 9.12. The predicted molar refractivity (Wildman–Crippen MR) is 99.9 cm³/mol. The lowest BCUT2D eigenvalue weighted by molar-refractivity contribution is 0.0913. The number of rotatable bonds is 5. The van der Waals surface area contributed by atoms with E-state index in [1.54, 1.807) is 18.3 Å². The largest absolute Gasteiger partial charge is 0.474 e. The van der Waals surface area contributed by atoms with Crippen LogP contribution in [0, 0.1) is 0 Å². The number of nitrogens with zero attached hydrogens (tertiary/aromatic N) is 1. The minimum atomic E-state index is -0.990. The minimum Gasteiger partial charge on any atom is -0.474 e. The quantitative estimate of drug-likeness (QED) is 0.727. The van der Waals surface area contributed by atoms with Crippen molar-refractivity contribution in [2.45, 2.75) is 56.7 Å². The molecule has 1 saturated carbocycles. The monoisotopic (exact) mass is 379 g/mol. The van der Waals surface area contributed by atoms with Crippen molar-refractivity contribution >= 4 is 23.8 Å². The topological polar surface area (TPSA) is 101 Å². The van der Waals surface area contributed by atoms with Gasteiger partial charge >= 0.3 is 6.09 Å². The molecule has 142 valence electrons. The Morgan fingerprint density at radius 2 is 1.73 bits per heavy atom. The molecule has 7 nitrogen and oxygen atoms in total. The van der Waals surface area contributed by atoms with Crippen LogP contribution in [0.3, 0.4) is 0 Å². The summed E-state index contributed by atoms with van der Waals surface area (Å²) in [5, 5.41) is 14.4. The van der Waals surface area contributed by atoms with Crippen LogP contribution in [0.1, 0.15) is 48.9 Å². The van der Waals surface area contributed by atoms with E-state index in [4.69, 9.17) is 9.84 Å². The molecule has 3 rings (SSSR count). The van der Waals surface area contributed by atoms with Gasteiger partial charge in [0.15, 0.2) is 0 Å². The van der Waals surface area contributed by atoms with Crippen molar-refractivity contribution in [1.82, 2.24) is 15.6 Å². The van der Waals surface area contributed by atoms with E-state index in [2.05, 4.69) is 15.6 Å². The predicted octanol–water partition coefficient (Wildman–Crippen LogP) is 2.66. The number of carboxylic acid groups (broad SMARTS) is 1. The van der Waals surface area contributed by atoms with Crippen molar-refractivity contribution in [3.8, 4) is 5.88 Å². The highest BCUT2D eigenvalue weighted by Gasteiger charge is 2.25. The highest BCUT2D eigenvalue weighted by molar-refractivity contribution is 7.99. The number of carbonyl (C=O) groups is 2. The number of nitrogens with one attached hydrogen (secondary N) is 2. The maximum atomic E-state index is 12.7. The summed E-state index contributed by atoms with van der Waals surface area (Å²) in [6.45, 7) is 0. The molecule has 1 aromatic heterocycles. The summed E-state index contributed by atoms with van der Waals surface area (Å²) in [4.78, 5) is 27.7. The minimum absolute atomic E-state index is 0.0258. The molecule has 1 aliphatic carbocycles. The highest BCUT2D eigenvalue weighted by Crippen LogP contribution is 2.24. The van der Waals surface area contributed by atoms with Gasteiger partial charge in [-0.25, -0.2) is 9.78 Å². The number of carbonyl (C=O) groups excluding carboxylic acids is 1. The van der Waals surface area contributed by atoms with Crippen molar-refractivity contribution in [3.63, 3.8) is 0 Å². The van der Waals surface area contributed by atoms with Crippen LogP contribution >= 0.6 is 11.8 Å². The number of hydrogen-bond donors (Lipinski definition) is 3. The van der Waals surface area contributed by atoms with Crippen LogP contribution in [-0.4, -0.2) is 51.8 Å². The fourth-order valence-electron chi connectivity index (χ4n) is 3.43. The summed E-state index contributed by atoms with van der Waals surface area (Å²) >= 11 is 1.93. The average molecular weight is 379 g/mol. The standard InChI is InChI=1S/C18H25N3O4S/c22-16(20-12-3-5-13(6-4-12)21-18(23)24)15-2-1-9-19-17(15)25-14-7-10-26-11-8-14/h1-2,9,12-14,21H,3-8,10-11H2,(H,20,22)(H,23,24). The first-order valence-corrected chi connectivity index (χ1v) is 10.3. The summed E-state index contributed by atoms with van der Waals surface area (Å²) in [5.74, 6) is 2.38. The fourth-order valence-corrected chi connectivity index (χ4v) is 4.49. The molecule has 1 aromatic rings. The van der Waals surface area contributed by atoms with E-state index in [9.17, 15) is 9.59 Å². The van der Waals surface area contributed by atoms with Crippen LogP contribution in [0.4, 0.5) is 4.79 Å². The highest BCUT2D eigenvalue weighted by atomic mass is 32.2. The molecule has 0 radical (unpaired) electrons. The van der Waals surface area contributed by atoms with E-state index in [0.717, 1.165) is 50.0 Å². The number of thioether (sulfide) groups is 1. The van der Waals surface area contributed by atoms with E-state index >= 15 is 0 Å². The van der Waals surface area contributed by atoms with E-state index in [1.807, 2.05) is 11.8 Å². The second-order valence-corrected chi connectivity index (χ2v) is 7.98. The summed E-state index contributed by atoms with van der Waals surface area (Å²) < 4.78 is 6.00. The Morgan fingerprint density at radius 1 is 1.08 bits per heavy atom. The molecule has 0 spiro atoms. The van der Waals surface area contributed by atoms with Gasteiger partial charge in [0, 0.05) is 18.3 Å². The number of ether oxygens (including phenoxy) is 1. The Balaban J connectivity index is 1.55. The Labute approximate surface area is 157 Å². The molecule has 1 aliphatic heterocycles. The Morgan fingerprint density at radius 3 is 2.38 bits per heavy atom. The molecule has 0 bridgehead atoms. The van der Waals surface area contributed by atoms with Crippen molar-refractivity contribution in [3.05, 3.63) is 23.9 Å². The van der Waals surface area contributed by atoms with Gasteiger partial charge in [-0.2, -0.15) is 11.8 Å². The van der Waals surface area contributed by atoms with Gasteiger partial charge in [-0.1, -0.05) is 0 Å². The summed E-state index contributed by atoms with van der Waals surface area (Å²) in [6, 6.07) is 3.51. The van der Waals surface area contributed by atoms with Gasteiger partial charge in [-0.3, -0.25) is 4.79 Å².